The molecule has 0 rings (SSSR count). The predicted molar refractivity (Wildman–Crippen MR) is 24.7 cm³/mol. The molecule has 7 heavy (non-hydrogen) atoms. The van der Waals surface area contributed by atoms with E-state index in [1.807, 2.05) is 0 Å². The second-order valence-corrected chi connectivity index (χ2v) is 2.68. The molecule has 0 spiro atoms. The lowest BCUT2D eigenvalue weighted by Gasteiger charge is -1.93. The third kappa shape index (κ3) is 2.55. The van der Waals surface area contributed by atoms with Crippen LogP contribution in [0.5, 0.6) is 0 Å². The molecule has 0 bridgehead atoms. The molecule has 0 aliphatic carbocycles. The zero-order valence-electron chi connectivity index (χ0n) is 3.75. The van der Waals surface area contributed by atoms with E-state index in [4.69, 9.17) is 4.55 Å². The van der Waals surface area contributed by atoms with Gasteiger partial charge in [0.25, 0.3) is 10.1 Å². The predicted octanol–water partition coefficient (Wildman–Crippen LogP) is -0.658. The van der Waals surface area contributed by atoms with Crippen molar-refractivity contribution in [2.75, 3.05) is 0 Å². The molecule has 5 heteroatoms. The fourth-order valence-corrected chi connectivity index (χ4v) is 0. The van der Waals surface area contributed by atoms with Crippen LogP contribution in [0.1, 0.15) is 6.92 Å². The molecule has 4 nitrogen and oxygen atoms in total. The van der Waals surface area contributed by atoms with E-state index in [0.29, 0.717) is 0 Å². The van der Waals surface area contributed by atoms with Gasteiger partial charge in [0.1, 0.15) is 0 Å². The van der Waals surface area contributed by atoms with Crippen molar-refractivity contribution in [2.45, 2.75) is 6.92 Å². The van der Waals surface area contributed by atoms with Crippen LogP contribution in [0.3, 0.4) is 0 Å². The molecule has 0 aromatic rings. The lowest BCUT2D eigenvalue weighted by atomic mass is 10.8. The summed E-state index contributed by atoms with van der Waals surface area (Å²) in [7, 11) is -4.05. The Hall–Kier alpha value is -0.130. The normalized spacial score (nSPS) is 12.6. The highest BCUT2D eigenvalue weighted by Gasteiger charge is 2.10. The van der Waals surface area contributed by atoms with Crippen LogP contribution in [0.4, 0.5) is 0 Å². The minimum Gasteiger partial charge on any atom is -0.308 e. The summed E-state index contributed by atoms with van der Waals surface area (Å²) in [6.45, 7) is 1.11. The molecule has 0 aliphatic rings. The van der Waals surface area contributed by atoms with Crippen molar-refractivity contribution >= 4 is 10.1 Å². The number of rotatable bonds is 1. The molecule has 0 saturated heterocycles. The summed E-state index contributed by atoms with van der Waals surface area (Å²) >= 11 is 0. The molecule has 0 fully saturated rings. The van der Waals surface area contributed by atoms with Gasteiger partial charge in [0.2, 0.25) is 0 Å². The molecule has 3 N–H and O–H groups in total. The molecule has 0 aromatic carbocycles. The minimum absolute atomic E-state index is 0.479. The van der Waals surface area contributed by atoms with Crippen molar-refractivity contribution in [2.24, 2.45) is 5.73 Å². The largest absolute Gasteiger partial charge is 0.308 e. The lowest BCUT2D eigenvalue weighted by Crippen LogP contribution is -2.16. The van der Waals surface area contributed by atoms with Gasteiger partial charge < -0.3 is 5.73 Å². The monoisotopic (exact) mass is 124 g/mol. The fraction of sp³-hybridized carbons (Fsp3) is 0.500. The first-order valence-corrected chi connectivity index (χ1v) is 2.95. The number of nitrogens with two attached hydrogens (primary N) is 1. The summed E-state index contributed by atoms with van der Waals surface area (Å²) in [5, 5.41) is -0.479. The Balaban J connectivity index is 4.10. The van der Waals surface area contributed by atoms with Gasteiger partial charge in [-0.2, -0.15) is 8.42 Å². The van der Waals surface area contributed by atoms with E-state index in [9.17, 15) is 8.42 Å². The SMILES string of the molecule is C[C](N)S(=O)(=O)O. The summed E-state index contributed by atoms with van der Waals surface area (Å²) in [5.41, 5.74) is 4.65. The molecule has 43 valence electrons. The summed E-state index contributed by atoms with van der Waals surface area (Å²) in [4.78, 5) is 0. The van der Waals surface area contributed by atoms with Gasteiger partial charge in [0.15, 0.2) is 5.37 Å². The molecular formula is C2H6NO3S. The van der Waals surface area contributed by atoms with Crippen LogP contribution < -0.4 is 5.73 Å². The average molecular weight is 124 g/mol. The van der Waals surface area contributed by atoms with Crippen LogP contribution in [0, 0.1) is 5.37 Å². The molecule has 0 atom stereocenters. The maximum atomic E-state index is 9.72. The van der Waals surface area contributed by atoms with E-state index in [1.54, 1.807) is 0 Å². The second-order valence-electron chi connectivity index (χ2n) is 1.09. The Kier molecular flexibility index (Phi) is 1.74. The molecule has 1 radical (unpaired) electrons. The summed E-state index contributed by atoms with van der Waals surface area (Å²) in [5.74, 6) is 0. The van der Waals surface area contributed by atoms with Crippen molar-refractivity contribution in [3.63, 3.8) is 0 Å². The van der Waals surface area contributed by atoms with Gasteiger partial charge in [-0.25, -0.2) is 0 Å². The van der Waals surface area contributed by atoms with Gasteiger partial charge in [0.05, 0.1) is 0 Å². The average Bonchev–Trinajstić information content (AvgIpc) is 1.31. The number of hydrogen-bond acceptors (Lipinski definition) is 3. The van der Waals surface area contributed by atoms with Crippen LogP contribution in [0.2, 0.25) is 0 Å². The van der Waals surface area contributed by atoms with Gasteiger partial charge in [-0.15, -0.1) is 0 Å². The van der Waals surface area contributed by atoms with E-state index in [2.05, 4.69) is 5.73 Å². The first-order chi connectivity index (χ1) is 2.94. The highest BCUT2D eigenvalue weighted by atomic mass is 32.2. The van der Waals surface area contributed by atoms with Gasteiger partial charge in [-0.3, -0.25) is 4.55 Å². The first kappa shape index (κ1) is 6.87. The van der Waals surface area contributed by atoms with E-state index < -0.39 is 15.5 Å². The van der Waals surface area contributed by atoms with Crippen LogP contribution in [-0.2, 0) is 10.1 Å². The summed E-state index contributed by atoms with van der Waals surface area (Å²) in [6, 6.07) is 0. The number of hydrogen-bond donors (Lipinski definition) is 2. The topological polar surface area (TPSA) is 80.4 Å². The minimum atomic E-state index is -4.05. The quantitative estimate of drug-likeness (QED) is 0.455. The van der Waals surface area contributed by atoms with Crippen molar-refractivity contribution in [1.29, 1.82) is 0 Å². The molecule has 0 aliphatic heterocycles. The Morgan fingerprint density at radius 1 is 1.71 bits per heavy atom. The fourth-order valence-electron chi connectivity index (χ4n) is 0. The lowest BCUT2D eigenvalue weighted by molar-refractivity contribution is 0.483. The van der Waals surface area contributed by atoms with Crippen LogP contribution in [-0.4, -0.2) is 13.0 Å². The third-order valence-electron chi connectivity index (χ3n) is 0.407. The second kappa shape index (κ2) is 1.77. The van der Waals surface area contributed by atoms with Crippen molar-refractivity contribution in [1.82, 2.24) is 0 Å². The summed E-state index contributed by atoms with van der Waals surface area (Å²) < 4.78 is 27.4. The zero-order valence-corrected chi connectivity index (χ0v) is 4.57. The molecule has 0 saturated carbocycles. The van der Waals surface area contributed by atoms with E-state index in [0.717, 1.165) is 6.92 Å². The van der Waals surface area contributed by atoms with E-state index >= 15 is 0 Å². The van der Waals surface area contributed by atoms with Crippen molar-refractivity contribution < 1.29 is 13.0 Å². The van der Waals surface area contributed by atoms with E-state index in [1.165, 1.54) is 0 Å². The molecular weight excluding hydrogens is 118 g/mol. The maximum Gasteiger partial charge on any atom is 0.286 e. The van der Waals surface area contributed by atoms with Crippen LogP contribution in [0.15, 0.2) is 0 Å². The molecule has 0 amide bonds. The molecule has 0 heterocycles. The Labute approximate surface area is 42.1 Å². The van der Waals surface area contributed by atoms with Crippen molar-refractivity contribution in [3.8, 4) is 0 Å². The van der Waals surface area contributed by atoms with Gasteiger partial charge in [-0.05, 0) is 6.92 Å². The Morgan fingerprint density at radius 2 is 1.86 bits per heavy atom. The van der Waals surface area contributed by atoms with Gasteiger partial charge >= 0.3 is 0 Å². The zero-order chi connectivity index (χ0) is 6.08. The first-order valence-electron chi connectivity index (χ1n) is 1.51. The van der Waals surface area contributed by atoms with Gasteiger partial charge in [0, 0.05) is 0 Å². The Bertz CT molecular complexity index is 135. The standard InChI is InChI=1S/C2H6NO3S/c1-2(3)7(4,5)6/h3H2,1H3,(H,4,5,6). The summed E-state index contributed by atoms with van der Waals surface area (Å²) in [6.07, 6.45) is 0. The smallest absolute Gasteiger partial charge is 0.286 e. The van der Waals surface area contributed by atoms with Crippen LogP contribution in [0.25, 0.3) is 0 Å². The van der Waals surface area contributed by atoms with Gasteiger partial charge in [-0.1, -0.05) is 0 Å². The highest BCUT2D eigenvalue weighted by Crippen LogP contribution is 1.94. The van der Waals surface area contributed by atoms with Crippen LogP contribution >= 0.6 is 0 Å². The third-order valence-corrected chi connectivity index (χ3v) is 1.22. The Morgan fingerprint density at radius 3 is 1.86 bits per heavy atom. The highest BCUT2D eigenvalue weighted by molar-refractivity contribution is 7.88. The maximum absolute atomic E-state index is 9.72. The molecule has 0 unspecified atom stereocenters. The van der Waals surface area contributed by atoms with E-state index in [-0.39, 0.29) is 0 Å². The van der Waals surface area contributed by atoms with Crippen molar-refractivity contribution in [3.05, 3.63) is 5.37 Å². The molecule has 0 aromatic heterocycles.